The first kappa shape index (κ1) is 12.1. The van der Waals surface area contributed by atoms with Crippen molar-refractivity contribution >= 4 is 0 Å². The number of hydrogen-bond acceptors (Lipinski definition) is 4. The Bertz CT molecular complexity index is 389. The van der Waals surface area contributed by atoms with Gasteiger partial charge in [-0.1, -0.05) is 0 Å². The van der Waals surface area contributed by atoms with Gasteiger partial charge in [0.05, 0.1) is 19.4 Å². The molecule has 1 aromatic heterocycles. The molecule has 2 aliphatic rings. The van der Waals surface area contributed by atoms with Crippen molar-refractivity contribution < 1.29 is 9.47 Å². The van der Waals surface area contributed by atoms with Crippen molar-refractivity contribution in [3.63, 3.8) is 0 Å². The van der Waals surface area contributed by atoms with E-state index in [-0.39, 0.29) is 5.79 Å². The predicted octanol–water partition coefficient (Wildman–Crippen LogP) is 1.24. The van der Waals surface area contributed by atoms with Crippen LogP contribution in [0.2, 0.25) is 0 Å². The SMILES string of the molecule is CCn1cc(CN2CCC3(CC2)OCCO3)cn1. The molecule has 3 rings (SSSR count). The summed E-state index contributed by atoms with van der Waals surface area (Å²) in [6.45, 7) is 7.61. The van der Waals surface area contributed by atoms with Crippen LogP contribution in [0.25, 0.3) is 0 Å². The van der Waals surface area contributed by atoms with Crippen LogP contribution < -0.4 is 0 Å². The number of aromatic nitrogens is 2. The van der Waals surface area contributed by atoms with Gasteiger partial charge in [-0.05, 0) is 6.92 Å². The molecule has 2 fully saturated rings. The highest BCUT2D eigenvalue weighted by molar-refractivity contribution is 5.04. The normalized spacial score (nSPS) is 23.8. The molecule has 2 aliphatic heterocycles. The lowest BCUT2D eigenvalue weighted by atomic mass is 10.0. The Morgan fingerprint density at radius 3 is 2.61 bits per heavy atom. The van der Waals surface area contributed by atoms with E-state index < -0.39 is 0 Å². The molecule has 3 heterocycles. The summed E-state index contributed by atoms with van der Waals surface area (Å²) in [7, 11) is 0. The fraction of sp³-hybridized carbons (Fsp3) is 0.769. The molecule has 0 aliphatic carbocycles. The van der Waals surface area contributed by atoms with E-state index >= 15 is 0 Å². The Morgan fingerprint density at radius 1 is 1.28 bits per heavy atom. The molecular weight excluding hydrogens is 230 g/mol. The Balaban J connectivity index is 1.53. The molecule has 2 saturated heterocycles. The number of piperidine rings is 1. The molecule has 100 valence electrons. The van der Waals surface area contributed by atoms with Gasteiger partial charge in [-0.25, -0.2) is 0 Å². The smallest absolute Gasteiger partial charge is 0.170 e. The molecule has 5 nitrogen and oxygen atoms in total. The van der Waals surface area contributed by atoms with Gasteiger partial charge in [0.2, 0.25) is 0 Å². The van der Waals surface area contributed by atoms with Gasteiger partial charge in [0.1, 0.15) is 0 Å². The van der Waals surface area contributed by atoms with E-state index in [1.54, 1.807) is 0 Å². The van der Waals surface area contributed by atoms with Gasteiger partial charge >= 0.3 is 0 Å². The minimum atomic E-state index is -0.260. The predicted molar refractivity (Wildman–Crippen MR) is 67.0 cm³/mol. The van der Waals surface area contributed by atoms with Crippen LogP contribution in [0, 0.1) is 0 Å². The Morgan fingerprint density at radius 2 is 2.00 bits per heavy atom. The summed E-state index contributed by atoms with van der Waals surface area (Å²) in [5.74, 6) is -0.260. The molecule has 0 unspecified atom stereocenters. The van der Waals surface area contributed by atoms with Crippen LogP contribution >= 0.6 is 0 Å². The van der Waals surface area contributed by atoms with Gasteiger partial charge in [0.15, 0.2) is 5.79 Å². The van der Waals surface area contributed by atoms with E-state index in [0.717, 1.165) is 52.2 Å². The number of aryl methyl sites for hydroxylation is 1. The van der Waals surface area contributed by atoms with Crippen LogP contribution in [0.5, 0.6) is 0 Å². The van der Waals surface area contributed by atoms with E-state index in [1.807, 2.05) is 10.9 Å². The second-order valence-electron chi connectivity index (χ2n) is 5.09. The Hall–Kier alpha value is -0.910. The highest BCUT2D eigenvalue weighted by atomic mass is 16.7. The van der Waals surface area contributed by atoms with Crippen LogP contribution in [0.4, 0.5) is 0 Å². The van der Waals surface area contributed by atoms with Crippen molar-refractivity contribution in [1.82, 2.24) is 14.7 Å². The van der Waals surface area contributed by atoms with E-state index in [9.17, 15) is 0 Å². The second-order valence-corrected chi connectivity index (χ2v) is 5.09. The maximum Gasteiger partial charge on any atom is 0.170 e. The third kappa shape index (κ3) is 2.43. The molecule has 0 N–H and O–H groups in total. The molecule has 1 aromatic rings. The first-order chi connectivity index (χ1) is 8.80. The topological polar surface area (TPSA) is 39.5 Å². The van der Waals surface area contributed by atoms with Crippen molar-refractivity contribution in [1.29, 1.82) is 0 Å². The highest BCUT2D eigenvalue weighted by Gasteiger charge is 2.39. The van der Waals surface area contributed by atoms with E-state index in [1.165, 1.54) is 5.56 Å². The van der Waals surface area contributed by atoms with Gasteiger partial charge < -0.3 is 9.47 Å². The number of rotatable bonds is 3. The molecule has 5 heteroatoms. The van der Waals surface area contributed by atoms with Crippen LogP contribution in [-0.2, 0) is 22.6 Å². The first-order valence-electron chi connectivity index (χ1n) is 6.81. The van der Waals surface area contributed by atoms with Gasteiger partial charge in [-0.3, -0.25) is 9.58 Å². The standard InChI is InChI=1S/C13H21N3O2/c1-2-16-11-12(9-14-16)10-15-5-3-13(4-6-15)17-7-8-18-13/h9,11H,2-8,10H2,1H3. The van der Waals surface area contributed by atoms with E-state index in [0.29, 0.717) is 0 Å². The van der Waals surface area contributed by atoms with Crippen molar-refractivity contribution in [2.75, 3.05) is 26.3 Å². The quantitative estimate of drug-likeness (QED) is 0.810. The lowest BCUT2D eigenvalue weighted by Crippen LogP contribution is -2.44. The summed E-state index contributed by atoms with van der Waals surface area (Å²) in [5.41, 5.74) is 1.29. The van der Waals surface area contributed by atoms with Crippen molar-refractivity contribution in [2.45, 2.75) is 38.6 Å². The monoisotopic (exact) mass is 251 g/mol. The highest BCUT2D eigenvalue weighted by Crippen LogP contribution is 2.31. The molecule has 0 atom stereocenters. The Labute approximate surface area is 108 Å². The van der Waals surface area contributed by atoms with Crippen molar-refractivity contribution in [3.05, 3.63) is 18.0 Å². The van der Waals surface area contributed by atoms with Gasteiger partial charge in [0, 0.05) is 50.8 Å². The zero-order chi connectivity index (χ0) is 12.4. The number of hydrogen-bond donors (Lipinski definition) is 0. The van der Waals surface area contributed by atoms with Gasteiger partial charge in [-0.2, -0.15) is 5.10 Å². The summed E-state index contributed by atoms with van der Waals surface area (Å²) in [6, 6.07) is 0. The number of nitrogens with zero attached hydrogens (tertiary/aromatic N) is 3. The Kier molecular flexibility index (Phi) is 3.37. The molecule has 1 spiro atoms. The average molecular weight is 251 g/mol. The van der Waals surface area contributed by atoms with Crippen LogP contribution in [-0.4, -0.2) is 46.8 Å². The zero-order valence-corrected chi connectivity index (χ0v) is 11.0. The van der Waals surface area contributed by atoms with E-state index in [4.69, 9.17) is 9.47 Å². The summed E-state index contributed by atoms with van der Waals surface area (Å²) in [6.07, 6.45) is 6.06. The lowest BCUT2D eigenvalue weighted by Gasteiger charge is -2.37. The molecular formula is C13H21N3O2. The second kappa shape index (κ2) is 4.99. The number of likely N-dealkylation sites (tertiary alicyclic amines) is 1. The summed E-state index contributed by atoms with van der Waals surface area (Å²) in [5, 5.41) is 4.31. The first-order valence-corrected chi connectivity index (χ1v) is 6.81. The molecule has 0 aromatic carbocycles. The van der Waals surface area contributed by atoms with Gasteiger partial charge in [0.25, 0.3) is 0 Å². The number of ether oxygens (including phenoxy) is 2. The third-order valence-corrected chi connectivity index (χ3v) is 3.85. The molecule has 0 amide bonds. The molecule has 0 bridgehead atoms. The minimum Gasteiger partial charge on any atom is -0.347 e. The maximum atomic E-state index is 5.74. The molecule has 18 heavy (non-hydrogen) atoms. The van der Waals surface area contributed by atoms with Crippen LogP contribution in [0.3, 0.4) is 0 Å². The van der Waals surface area contributed by atoms with Gasteiger partial charge in [-0.15, -0.1) is 0 Å². The largest absolute Gasteiger partial charge is 0.347 e. The summed E-state index contributed by atoms with van der Waals surface area (Å²) >= 11 is 0. The minimum absolute atomic E-state index is 0.260. The molecule has 0 radical (unpaired) electrons. The lowest BCUT2D eigenvalue weighted by molar-refractivity contribution is -0.185. The molecule has 0 saturated carbocycles. The fourth-order valence-corrected chi connectivity index (χ4v) is 2.76. The van der Waals surface area contributed by atoms with Crippen LogP contribution in [0.1, 0.15) is 25.3 Å². The summed E-state index contributed by atoms with van der Waals surface area (Å²) < 4.78 is 13.4. The summed E-state index contributed by atoms with van der Waals surface area (Å²) in [4.78, 5) is 2.45. The fourth-order valence-electron chi connectivity index (χ4n) is 2.76. The zero-order valence-electron chi connectivity index (χ0n) is 11.0. The van der Waals surface area contributed by atoms with Crippen molar-refractivity contribution in [2.24, 2.45) is 0 Å². The average Bonchev–Trinajstić information content (AvgIpc) is 3.02. The third-order valence-electron chi connectivity index (χ3n) is 3.85. The van der Waals surface area contributed by atoms with Crippen LogP contribution in [0.15, 0.2) is 12.4 Å². The van der Waals surface area contributed by atoms with E-state index in [2.05, 4.69) is 23.1 Å². The van der Waals surface area contributed by atoms with Crippen molar-refractivity contribution in [3.8, 4) is 0 Å². The maximum absolute atomic E-state index is 5.74.